The summed E-state index contributed by atoms with van der Waals surface area (Å²) in [5.41, 5.74) is 1.53. The monoisotopic (exact) mass is 241 g/mol. The van der Waals surface area contributed by atoms with E-state index in [0.717, 1.165) is 10.2 Å². The Bertz CT molecular complexity index is 403. The highest BCUT2D eigenvalue weighted by Gasteiger charge is 2.14. The first-order valence-corrected chi connectivity index (χ1v) is 5.20. The minimum Gasteiger partial charge on any atom is -0.395 e. The zero-order valence-corrected chi connectivity index (χ0v) is 9.57. The summed E-state index contributed by atoms with van der Waals surface area (Å²) in [7, 11) is 0. The lowest BCUT2D eigenvalue weighted by Crippen LogP contribution is -2.24. The first-order chi connectivity index (χ1) is 8.10. The van der Waals surface area contributed by atoms with E-state index in [4.69, 9.17) is 15.9 Å². The van der Waals surface area contributed by atoms with Crippen molar-refractivity contribution in [2.24, 2.45) is 0 Å². The largest absolute Gasteiger partial charge is 0.395 e. The number of nitrogens with one attached hydrogen (secondary N) is 3. The predicted molar refractivity (Wildman–Crippen MR) is 62.6 cm³/mol. The van der Waals surface area contributed by atoms with Gasteiger partial charge >= 0.3 is 0 Å². The third-order valence-electron chi connectivity index (χ3n) is 2.26. The highest BCUT2D eigenvalue weighted by molar-refractivity contribution is 5.98. The minimum atomic E-state index is -1.74. The SMILES string of the molecule is Cc1nn(C(=N)C(F)C=N)cc1CNCCO. The van der Waals surface area contributed by atoms with Gasteiger partial charge in [0, 0.05) is 31.1 Å². The van der Waals surface area contributed by atoms with Gasteiger partial charge in [-0.05, 0) is 6.92 Å². The average molecular weight is 241 g/mol. The van der Waals surface area contributed by atoms with Gasteiger partial charge in [-0.2, -0.15) is 5.10 Å². The van der Waals surface area contributed by atoms with Crippen molar-refractivity contribution in [2.45, 2.75) is 19.6 Å². The van der Waals surface area contributed by atoms with E-state index in [1.807, 2.05) is 0 Å². The van der Waals surface area contributed by atoms with Crippen LogP contribution in [0.4, 0.5) is 4.39 Å². The molecule has 0 aromatic carbocycles. The first kappa shape index (κ1) is 13.5. The number of rotatable bonds is 6. The highest BCUT2D eigenvalue weighted by Crippen LogP contribution is 2.06. The van der Waals surface area contributed by atoms with Crippen LogP contribution in [0.5, 0.6) is 0 Å². The van der Waals surface area contributed by atoms with E-state index in [2.05, 4.69) is 10.4 Å². The van der Waals surface area contributed by atoms with Crippen molar-refractivity contribution in [3.63, 3.8) is 0 Å². The lowest BCUT2D eigenvalue weighted by atomic mass is 10.2. The summed E-state index contributed by atoms with van der Waals surface area (Å²) in [4.78, 5) is 0. The molecular weight excluding hydrogens is 225 g/mol. The minimum absolute atomic E-state index is 0.0450. The zero-order chi connectivity index (χ0) is 12.8. The molecule has 1 atom stereocenters. The molecule has 0 bridgehead atoms. The van der Waals surface area contributed by atoms with Crippen molar-refractivity contribution in [1.82, 2.24) is 15.1 Å². The van der Waals surface area contributed by atoms with Gasteiger partial charge in [0.15, 0.2) is 12.0 Å². The second kappa shape index (κ2) is 6.21. The van der Waals surface area contributed by atoms with Gasteiger partial charge in [0.25, 0.3) is 0 Å². The topological polar surface area (TPSA) is 97.8 Å². The van der Waals surface area contributed by atoms with E-state index < -0.39 is 6.17 Å². The Morgan fingerprint density at radius 2 is 2.47 bits per heavy atom. The van der Waals surface area contributed by atoms with E-state index in [1.54, 1.807) is 13.1 Å². The molecule has 0 aliphatic rings. The molecular formula is C10H16FN5O. The summed E-state index contributed by atoms with van der Waals surface area (Å²) in [6, 6.07) is 0. The Balaban J connectivity index is 2.73. The fourth-order valence-corrected chi connectivity index (χ4v) is 1.30. The van der Waals surface area contributed by atoms with Gasteiger partial charge in [0.2, 0.25) is 0 Å². The third-order valence-corrected chi connectivity index (χ3v) is 2.26. The zero-order valence-electron chi connectivity index (χ0n) is 9.57. The molecule has 1 aromatic rings. The molecule has 1 heterocycles. The van der Waals surface area contributed by atoms with Gasteiger partial charge in [-0.3, -0.25) is 5.41 Å². The van der Waals surface area contributed by atoms with E-state index in [9.17, 15) is 4.39 Å². The van der Waals surface area contributed by atoms with Crippen LogP contribution in [0.3, 0.4) is 0 Å². The molecule has 94 valence electrons. The van der Waals surface area contributed by atoms with E-state index in [0.29, 0.717) is 25.0 Å². The molecule has 1 unspecified atom stereocenters. The van der Waals surface area contributed by atoms with Crippen molar-refractivity contribution >= 4 is 12.1 Å². The van der Waals surface area contributed by atoms with Crippen molar-refractivity contribution in [3.05, 3.63) is 17.5 Å². The van der Waals surface area contributed by atoms with Crippen LogP contribution in [0.1, 0.15) is 11.3 Å². The second-order valence-electron chi connectivity index (χ2n) is 3.54. The summed E-state index contributed by atoms with van der Waals surface area (Å²) >= 11 is 0. The molecule has 7 heteroatoms. The number of aliphatic hydroxyl groups excluding tert-OH is 1. The molecule has 0 aliphatic heterocycles. The van der Waals surface area contributed by atoms with Crippen LogP contribution in [-0.2, 0) is 6.54 Å². The Hall–Kier alpha value is -1.60. The third kappa shape index (κ3) is 3.43. The quantitative estimate of drug-likeness (QED) is 0.322. The van der Waals surface area contributed by atoms with Crippen LogP contribution in [-0.4, -0.2) is 46.3 Å². The number of aliphatic hydroxyl groups is 1. The summed E-state index contributed by atoms with van der Waals surface area (Å²) < 4.78 is 14.2. The van der Waals surface area contributed by atoms with Crippen LogP contribution < -0.4 is 5.32 Å². The molecule has 0 spiro atoms. The van der Waals surface area contributed by atoms with Gasteiger partial charge in [-0.15, -0.1) is 0 Å². The maximum Gasteiger partial charge on any atom is 0.193 e. The number of hydrogen-bond donors (Lipinski definition) is 4. The van der Waals surface area contributed by atoms with Crippen molar-refractivity contribution in [3.8, 4) is 0 Å². The maximum atomic E-state index is 13.1. The van der Waals surface area contributed by atoms with Gasteiger partial charge in [0.05, 0.1) is 12.3 Å². The van der Waals surface area contributed by atoms with Crippen molar-refractivity contribution in [1.29, 1.82) is 10.8 Å². The summed E-state index contributed by atoms with van der Waals surface area (Å²) in [5, 5.41) is 29.8. The number of alkyl halides is 1. The number of halogens is 1. The van der Waals surface area contributed by atoms with E-state index in [-0.39, 0.29) is 12.4 Å². The van der Waals surface area contributed by atoms with Crippen LogP contribution in [0.2, 0.25) is 0 Å². The Morgan fingerprint density at radius 1 is 1.76 bits per heavy atom. The molecule has 4 N–H and O–H groups in total. The molecule has 0 fully saturated rings. The average Bonchev–Trinajstić information content (AvgIpc) is 2.69. The van der Waals surface area contributed by atoms with Crippen LogP contribution in [0.25, 0.3) is 0 Å². The number of aromatic nitrogens is 2. The van der Waals surface area contributed by atoms with E-state index in [1.165, 1.54) is 0 Å². The normalized spacial score (nSPS) is 12.4. The van der Waals surface area contributed by atoms with Crippen molar-refractivity contribution in [2.75, 3.05) is 13.2 Å². The molecule has 1 rings (SSSR count). The van der Waals surface area contributed by atoms with Crippen molar-refractivity contribution < 1.29 is 9.50 Å². The summed E-state index contributed by atoms with van der Waals surface area (Å²) in [6.45, 7) is 2.77. The maximum absolute atomic E-state index is 13.1. The number of nitrogens with zero attached hydrogens (tertiary/aromatic N) is 2. The van der Waals surface area contributed by atoms with Crippen LogP contribution in [0.15, 0.2) is 6.20 Å². The molecule has 17 heavy (non-hydrogen) atoms. The molecule has 6 nitrogen and oxygen atoms in total. The Kier molecular flexibility index (Phi) is 4.92. The lowest BCUT2D eigenvalue weighted by molar-refractivity contribution is 0.292. The Morgan fingerprint density at radius 3 is 3.06 bits per heavy atom. The molecule has 0 amide bonds. The Labute approximate surface area is 98.5 Å². The molecule has 0 saturated heterocycles. The predicted octanol–water partition coefficient (Wildman–Crippen LogP) is 0.0865. The smallest absolute Gasteiger partial charge is 0.193 e. The molecule has 0 radical (unpaired) electrons. The standard InChI is InChI=1S/C10H16FN5O/c1-7-8(5-14-2-3-17)6-16(15-7)10(13)9(11)4-12/h4,6,9,12-14,17H,2-3,5H2,1H3. The van der Waals surface area contributed by atoms with Gasteiger partial charge in [-0.1, -0.05) is 0 Å². The molecule has 0 aliphatic carbocycles. The molecule has 0 saturated carbocycles. The molecule has 1 aromatic heterocycles. The highest BCUT2D eigenvalue weighted by atomic mass is 19.1. The van der Waals surface area contributed by atoms with E-state index >= 15 is 0 Å². The second-order valence-corrected chi connectivity index (χ2v) is 3.54. The first-order valence-electron chi connectivity index (χ1n) is 5.20. The lowest BCUT2D eigenvalue weighted by Gasteiger charge is -2.03. The fraction of sp³-hybridized carbons (Fsp3) is 0.500. The van der Waals surface area contributed by atoms with Gasteiger partial charge in [0.1, 0.15) is 0 Å². The summed E-state index contributed by atoms with van der Waals surface area (Å²) in [6.07, 6.45) is 0.369. The van der Waals surface area contributed by atoms with Gasteiger partial charge in [-0.25, -0.2) is 9.07 Å². The number of aryl methyl sites for hydroxylation is 1. The van der Waals surface area contributed by atoms with Gasteiger partial charge < -0.3 is 15.8 Å². The fourth-order valence-electron chi connectivity index (χ4n) is 1.30. The summed E-state index contributed by atoms with van der Waals surface area (Å²) in [5.74, 6) is -0.378. The van der Waals surface area contributed by atoms with Crippen LogP contribution in [0, 0.1) is 17.7 Å². The van der Waals surface area contributed by atoms with Crippen LogP contribution >= 0.6 is 0 Å². The number of hydrogen-bond acceptors (Lipinski definition) is 5.